The Morgan fingerprint density at radius 2 is 1.77 bits per heavy atom. The second kappa shape index (κ2) is 9.15. The molecule has 1 N–H and O–H groups in total. The molecule has 2 aromatic rings. The Morgan fingerprint density at radius 1 is 1.10 bits per heavy atom. The van der Waals surface area contributed by atoms with Crippen LogP contribution in [-0.2, 0) is 4.79 Å². The molecule has 1 saturated heterocycles. The van der Waals surface area contributed by atoms with E-state index in [0.717, 1.165) is 48.4 Å². The molecule has 0 aromatic heterocycles. The minimum absolute atomic E-state index is 0.207. The van der Waals surface area contributed by atoms with E-state index in [2.05, 4.69) is 43.0 Å². The summed E-state index contributed by atoms with van der Waals surface area (Å²) in [6.45, 7) is 6.13. The minimum atomic E-state index is -0.667. The van der Waals surface area contributed by atoms with Gasteiger partial charge in [0.2, 0.25) is 0 Å². The molecule has 4 nitrogen and oxygen atoms in total. The van der Waals surface area contributed by atoms with E-state index in [-0.39, 0.29) is 18.1 Å². The molecule has 1 atom stereocenters. The van der Waals surface area contributed by atoms with Crippen molar-refractivity contribution >= 4 is 28.3 Å². The third-order valence-corrected chi connectivity index (χ3v) is 7.50. The first-order valence-electron chi connectivity index (χ1n) is 11.3. The van der Waals surface area contributed by atoms with Gasteiger partial charge < -0.3 is 9.84 Å². The highest BCUT2D eigenvalue weighted by Gasteiger charge is 2.27. The lowest BCUT2D eigenvalue weighted by Gasteiger charge is -2.35. The van der Waals surface area contributed by atoms with Crippen LogP contribution in [0.2, 0.25) is 5.02 Å². The largest absolute Gasteiger partial charge is 0.489 e. The van der Waals surface area contributed by atoms with E-state index in [9.17, 15) is 9.90 Å². The van der Waals surface area contributed by atoms with E-state index >= 15 is 0 Å². The lowest BCUT2D eigenvalue weighted by molar-refractivity contribution is -0.143. The second-order valence-electron chi connectivity index (χ2n) is 9.18. The molecule has 1 aliphatic heterocycles. The van der Waals surface area contributed by atoms with Crippen LogP contribution >= 0.6 is 11.6 Å². The standard InChI is InChI=1S/C25H32ClNO3/c1-16-3-8-21(9-4-16)30-23-10-7-18-5-6-20(15-22(18)24(23)26)17(2)27-13-11-19(12-14-27)25(28)29/h5-7,10,15-17,19,21H,3-4,8-9,11-14H2,1-2H3,(H,28,29)/t16-,17?,21+. The van der Waals surface area contributed by atoms with Crippen LogP contribution in [0.25, 0.3) is 10.8 Å². The van der Waals surface area contributed by atoms with E-state index in [1.165, 1.54) is 18.4 Å². The summed E-state index contributed by atoms with van der Waals surface area (Å²) in [5.41, 5.74) is 1.21. The maximum atomic E-state index is 11.2. The molecule has 0 bridgehead atoms. The molecule has 0 spiro atoms. The summed E-state index contributed by atoms with van der Waals surface area (Å²) in [7, 11) is 0. The molecule has 1 heterocycles. The number of carboxylic acids is 1. The Morgan fingerprint density at radius 3 is 2.43 bits per heavy atom. The summed E-state index contributed by atoms with van der Waals surface area (Å²) in [6, 6.07) is 10.8. The molecule has 1 saturated carbocycles. The first kappa shape index (κ1) is 21.5. The van der Waals surface area contributed by atoms with Crippen molar-refractivity contribution in [1.29, 1.82) is 0 Å². The average molecular weight is 430 g/mol. The maximum absolute atomic E-state index is 11.2. The van der Waals surface area contributed by atoms with Gasteiger partial charge >= 0.3 is 5.97 Å². The smallest absolute Gasteiger partial charge is 0.306 e. The Kier molecular flexibility index (Phi) is 6.54. The maximum Gasteiger partial charge on any atom is 0.306 e. The van der Waals surface area contributed by atoms with Gasteiger partial charge in [0.15, 0.2) is 0 Å². The number of piperidine rings is 1. The molecule has 4 rings (SSSR count). The quantitative estimate of drug-likeness (QED) is 0.605. The number of ether oxygens (including phenoxy) is 1. The minimum Gasteiger partial charge on any atom is -0.489 e. The van der Waals surface area contributed by atoms with Gasteiger partial charge in [-0.3, -0.25) is 9.69 Å². The number of hydrogen-bond acceptors (Lipinski definition) is 3. The van der Waals surface area contributed by atoms with Crippen LogP contribution < -0.4 is 4.74 Å². The summed E-state index contributed by atoms with van der Waals surface area (Å²) in [6.07, 6.45) is 6.32. The predicted molar refractivity (Wildman–Crippen MR) is 121 cm³/mol. The Labute approximate surface area is 184 Å². The number of likely N-dealkylation sites (tertiary alicyclic amines) is 1. The molecule has 2 aromatic carbocycles. The van der Waals surface area contributed by atoms with Crippen LogP contribution in [0.15, 0.2) is 30.3 Å². The summed E-state index contributed by atoms with van der Waals surface area (Å²) in [5.74, 6) is 0.707. The number of fused-ring (bicyclic) bond motifs is 1. The topological polar surface area (TPSA) is 49.8 Å². The van der Waals surface area contributed by atoms with Gasteiger partial charge in [0.05, 0.1) is 17.0 Å². The van der Waals surface area contributed by atoms with Crippen molar-refractivity contribution in [3.63, 3.8) is 0 Å². The first-order chi connectivity index (χ1) is 14.4. The molecule has 1 aliphatic carbocycles. The Hall–Kier alpha value is -1.78. The number of halogens is 1. The highest BCUT2D eigenvalue weighted by Crippen LogP contribution is 2.37. The molecule has 0 radical (unpaired) electrons. The normalized spacial score (nSPS) is 24.6. The number of nitrogens with zero attached hydrogens (tertiary/aromatic N) is 1. The molecule has 2 aliphatic rings. The third-order valence-electron chi connectivity index (χ3n) is 7.11. The fourth-order valence-corrected chi connectivity index (χ4v) is 5.17. The first-order valence-corrected chi connectivity index (χ1v) is 11.7. The van der Waals surface area contributed by atoms with Gasteiger partial charge in [-0.15, -0.1) is 0 Å². The van der Waals surface area contributed by atoms with Crippen molar-refractivity contribution in [2.45, 2.75) is 64.5 Å². The highest BCUT2D eigenvalue weighted by molar-refractivity contribution is 6.37. The van der Waals surface area contributed by atoms with Crippen molar-refractivity contribution in [2.24, 2.45) is 11.8 Å². The molecular weight excluding hydrogens is 398 g/mol. The highest BCUT2D eigenvalue weighted by atomic mass is 35.5. The number of carboxylic acid groups (broad SMARTS) is 1. The van der Waals surface area contributed by atoms with Gasteiger partial charge in [-0.25, -0.2) is 0 Å². The predicted octanol–water partition coefficient (Wildman–Crippen LogP) is 6.31. The van der Waals surface area contributed by atoms with Crippen LogP contribution in [0, 0.1) is 11.8 Å². The van der Waals surface area contributed by atoms with Crippen molar-refractivity contribution in [1.82, 2.24) is 4.90 Å². The zero-order valence-electron chi connectivity index (χ0n) is 17.9. The van der Waals surface area contributed by atoms with Crippen LogP contribution in [0.3, 0.4) is 0 Å². The number of rotatable bonds is 5. The lowest BCUT2D eigenvalue weighted by Crippen LogP contribution is -2.37. The summed E-state index contributed by atoms with van der Waals surface area (Å²) in [4.78, 5) is 13.6. The average Bonchev–Trinajstić information content (AvgIpc) is 2.76. The van der Waals surface area contributed by atoms with Crippen LogP contribution in [0.1, 0.15) is 64.0 Å². The summed E-state index contributed by atoms with van der Waals surface area (Å²) >= 11 is 6.80. The van der Waals surface area contributed by atoms with Crippen LogP contribution in [0.4, 0.5) is 0 Å². The molecule has 1 unspecified atom stereocenters. The van der Waals surface area contributed by atoms with E-state index < -0.39 is 5.97 Å². The second-order valence-corrected chi connectivity index (χ2v) is 9.56. The van der Waals surface area contributed by atoms with Crippen LogP contribution in [0.5, 0.6) is 5.75 Å². The zero-order valence-corrected chi connectivity index (χ0v) is 18.7. The molecular formula is C25H32ClNO3. The van der Waals surface area contributed by atoms with E-state index in [1.54, 1.807) is 0 Å². The van der Waals surface area contributed by atoms with Gasteiger partial charge in [0.25, 0.3) is 0 Å². The van der Waals surface area contributed by atoms with Gasteiger partial charge in [-0.05, 0) is 87.5 Å². The monoisotopic (exact) mass is 429 g/mol. The summed E-state index contributed by atoms with van der Waals surface area (Å²) < 4.78 is 6.30. The van der Waals surface area contributed by atoms with Gasteiger partial charge in [0.1, 0.15) is 5.75 Å². The lowest BCUT2D eigenvalue weighted by atomic mass is 9.89. The Balaban J connectivity index is 1.51. The van der Waals surface area contributed by atoms with Gasteiger partial charge in [0, 0.05) is 11.4 Å². The van der Waals surface area contributed by atoms with Gasteiger partial charge in [-0.2, -0.15) is 0 Å². The zero-order chi connectivity index (χ0) is 21.3. The SMILES string of the molecule is CC(c1ccc2ccc(O[C@H]3CC[C@@H](C)CC3)c(Cl)c2c1)N1CCC(C(=O)O)CC1. The molecule has 30 heavy (non-hydrogen) atoms. The molecule has 0 amide bonds. The van der Waals surface area contributed by atoms with Crippen molar-refractivity contribution < 1.29 is 14.6 Å². The number of aliphatic carboxylic acids is 1. The van der Waals surface area contributed by atoms with E-state index in [0.29, 0.717) is 17.9 Å². The third kappa shape index (κ3) is 4.60. The van der Waals surface area contributed by atoms with Crippen LogP contribution in [-0.4, -0.2) is 35.2 Å². The summed E-state index contributed by atoms with van der Waals surface area (Å²) in [5, 5.41) is 12.1. The van der Waals surface area contributed by atoms with Crippen molar-refractivity contribution in [2.75, 3.05) is 13.1 Å². The Bertz CT molecular complexity index is 899. The van der Waals surface area contributed by atoms with Gasteiger partial charge in [-0.1, -0.05) is 36.7 Å². The van der Waals surface area contributed by atoms with Crippen molar-refractivity contribution in [3.05, 3.63) is 40.9 Å². The molecule has 2 fully saturated rings. The molecule has 5 heteroatoms. The number of benzene rings is 2. The number of carbonyl (C=O) groups is 1. The fourth-order valence-electron chi connectivity index (χ4n) is 4.90. The fraction of sp³-hybridized carbons (Fsp3) is 0.560. The van der Waals surface area contributed by atoms with E-state index in [1.807, 2.05) is 6.07 Å². The van der Waals surface area contributed by atoms with Crippen molar-refractivity contribution in [3.8, 4) is 5.75 Å². The number of hydrogen-bond donors (Lipinski definition) is 1. The van der Waals surface area contributed by atoms with E-state index in [4.69, 9.17) is 16.3 Å². The molecule has 162 valence electrons.